The van der Waals surface area contributed by atoms with Crippen LogP contribution in [0, 0.1) is 0 Å². The second kappa shape index (κ2) is 11.9. The van der Waals surface area contributed by atoms with Crippen molar-refractivity contribution in [2.45, 2.75) is 11.6 Å². The fraction of sp³-hybridized carbons (Fsp3) is 0.0625. The van der Waals surface area contributed by atoms with E-state index in [1.54, 1.807) is 11.8 Å². The van der Waals surface area contributed by atoms with Gasteiger partial charge in [-0.25, -0.2) is 0 Å². The summed E-state index contributed by atoms with van der Waals surface area (Å²) in [5, 5.41) is 1.74. The fourth-order valence-corrected chi connectivity index (χ4v) is 5.52. The molecule has 0 N–H and O–H groups in total. The molecule has 5 heteroatoms. The van der Waals surface area contributed by atoms with E-state index in [1.807, 2.05) is 48.5 Å². The van der Waals surface area contributed by atoms with Gasteiger partial charge in [0.1, 0.15) is 0 Å². The third-order valence-electron chi connectivity index (χ3n) is 6.08. The Balaban J connectivity index is 1.60. The van der Waals surface area contributed by atoms with Crippen LogP contribution in [0.2, 0.25) is 5.02 Å². The number of aromatic nitrogens is 1. The summed E-state index contributed by atoms with van der Waals surface area (Å²) in [5.74, 6) is 0.441. The monoisotopic (exact) mass is 584 g/mol. The molecule has 0 amide bonds. The van der Waals surface area contributed by atoms with Crippen LogP contribution in [0.15, 0.2) is 131 Å². The average molecular weight is 586 g/mol. The summed E-state index contributed by atoms with van der Waals surface area (Å²) in [6.07, 6.45) is 0. The highest BCUT2D eigenvalue weighted by Gasteiger charge is 2.23. The molecule has 0 fully saturated rings. The molecule has 0 atom stereocenters. The number of ketones is 1. The van der Waals surface area contributed by atoms with E-state index in [0.717, 1.165) is 37.4 Å². The number of carbonyl (C=O) groups excluding carboxylic acids is 1. The highest BCUT2D eigenvalue weighted by Crippen LogP contribution is 2.29. The molecule has 2 nitrogen and oxygen atoms in total. The molecular formula is C32H24BrClNOS+. The number of Topliss-reactive ketones (excluding diaryl/α,β-unsaturated/α-hetero) is 1. The second-order valence-electron chi connectivity index (χ2n) is 8.63. The number of carbonyl (C=O) groups is 1. The molecule has 5 rings (SSSR count). The second-order valence-corrected chi connectivity index (χ2v) is 11.0. The Kier molecular flexibility index (Phi) is 8.20. The van der Waals surface area contributed by atoms with Crippen molar-refractivity contribution in [2.24, 2.45) is 0 Å². The third kappa shape index (κ3) is 6.40. The van der Waals surface area contributed by atoms with E-state index < -0.39 is 0 Å². The largest absolute Gasteiger partial charge is 0.293 e. The lowest BCUT2D eigenvalue weighted by Gasteiger charge is -2.12. The average Bonchev–Trinajstić information content (AvgIpc) is 2.94. The van der Waals surface area contributed by atoms with Gasteiger partial charge < -0.3 is 0 Å². The van der Waals surface area contributed by atoms with Gasteiger partial charge in [0.2, 0.25) is 10.7 Å². The Hall–Kier alpha value is -3.18. The van der Waals surface area contributed by atoms with Gasteiger partial charge in [0.25, 0.3) is 0 Å². The molecule has 182 valence electrons. The SMILES string of the molecule is O=C(CSc1cc(-c2ccccc2)cc(-c2ccccc2)[n+]1Cc1ccc(Cl)cc1)c1ccc(Br)cc1. The number of nitrogens with zero attached hydrogens (tertiary/aromatic N) is 1. The van der Waals surface area contributed by atoms with Gasteiger partial charge >= 0.3 is 0 Å². The summed E-state index contributed by atoms with van der Waals surface area (Å²) in [4.78, 5) is 13.1. The number of hydrogen-bond donors (Lipinski definition) is 0. The van der Waals surface area contributed by atoms with Gasteiger partial charge in [0.15, 0.2) is 12.3 Å². The van der Waals surface area contributed by atoms with E-state index in [1.165, 1.54) is 0 Å². The number of pyridine rings is 1. The van der Waals surface area contributed by atoms with Gasteiger partial charge in [-0.3, -0.25) is 4.79 Å². The van der Waals surface area contributed by atoms with Gasteiger partial charge in [-0.05, 0) is 59.3 Å². The summed E-state index contributed by atoms with van der Waals surface area (Å²) in [7, 11) is 0. The minimum Gasteiger partial charge on any atom is -0.293 e. The van der Waals surface area contributed by atoms with Crippen LogP contribution in [-0.2, 0) is 6.54 Å². The maximum Gasteiger partial charge on any atom is 0.241 e. The third-order valence-corrected chi connectivity index (χ3v) is 7.90. The lowest BCUT2D eigenvalue weighted by Crippen LogP contribution is -2.39. The van der Waals surface area contributed by atoms with Crippen LogP contribution in [0.25, 0.3) is 22.4 Å². The number of thioether (sulfide) groups is 1. The molecule has 1 heterocycles. The first-order valence-electron chi connectivity index (χ1n) is 11.9. The molecule has 0 unspecified atom stereocenters. The van der Waals surface area contributed by atoms with E-state index in [-0.39, 0.29) is 5.78 Å². The molecule has 0 saturated carbocycles. The summed E-state index contributed by atoms with van der Waals surface area (Å²) >= 11 is 11.2. The zero-order chi connectivity index (χ0) is 25.6. The van der Waals surface area contributed by atoms with Crippen LogP contribution in [0.4, 0.5) is 0 Å². The lowest BCUT2D eigenvalue weighted by atomic mass is 10.0. The zero-order valence-corrected chi connectivity index (χ0v) is 23.1. The Morgan fingerprint density at radius 1 is 0.730 bits per heavy atom. The summed E-state index contributed by atoms with van der Waals surface area (Å²) in [5.41, 5.74) is 6.32. The number of benzene rings is 4. The molecule has 0 radical (unpaired) electrons. The van der Waals surface area contributed by atoms with Crippen LogP contribution in [0.1, 0.15) is 15.9 Å². The van der Waals surface area contributed by atoms with E-state index in [9.17, 15) is 4.79 Å². The molecule has 0 aliphatic heterocycles. The molecule has 37 heavy (non-hydrogen) atoms. The topological polar surface area (TPSA) is 20.9 Å². The van der Waals surface area contributed by atoms with Gasteiger partial charge in [-0.2, -0.15) is 4.57 Å². The first kappa shape index (κ1) is 25.5. The Morgan fingerprint density at radius 2 is 1.35 bits per heavy atom. The molecule has 0 aliphatic rings. The summed E-state index contributed by atoms with van der Waals surface area (Å²) < 4.78 is 3.26. The van der Waals surface area contributed by atoms with Crippen LogP contribution >= 0.6 is 39.3 Å². The van der Waals surface area contributed by atoms with Gasteiger partial charge in [0, 0.05) is 38.3 Å². The maximum absolute atomic E-state index is 13.1. The van der Waals surface area contributed by atoms with Crippen molar-refractivity contribution in [2.75, 3.05) is 5.75 Å². The molecule has 0 aliphatic carbocycles. The Morgan fingerprint density at radius 3 is 2.00 bits per heavy atom. The predicted molar refractivity (Wildman–Crippen MR) is 157 cm³/mol. The Bertz CT molecular complexity index is 1510. The molecule has 5 aromatic rings. The first-order chi connectivity index (χ1) is 18.1. The minimum absolute atomic E-state index is 0.0990. The van der Waals surface area contributed by atoms with Crippen LogP contribution < -0.4 is 4.57 Å². The van der Waals surface area contributed by atoms with E-state index in [2.05, 4.69) is 93.3 Å². The molecule has 0 spiro atoms. The predicted octanol–water partition coefficient (Wildman–Crippen LogP) is 8.75. The number of hydrogen-bond acceptors (Lipinski definition) is 2. The smallest absolute Gasteiger partial charge is 0.241 e. The van der Waals surface area contributed by atoms with Crippen molar-refractivity contribution in [3.63, 3.8) is 0 Å². The summed E-state index contributed by atoms with van der Waals surface area (Å²) in [6, 6.07) is 40.7. The van der Waals surface area contributed by atoms with Crippen molar-refractivity contribution >= 4 is 45.1 Å². The van der Waals surface area contributed by atoms with Crippen molar-refractivity contribution < 1.29 is 9.36 Å². The quantitative estimate of drug-likeness (QED) is 0.103. The van der Waals surface area contributed by atoms with Crippen molar-refractivity contribution in [1.82, 2.24) is 0 Å². The molecular weight excluding hydrogens is 562 g/mol. The van der Waals surface area contributed by atoms with Crippen LogP contribution in [0.5, 0.6) is 0 Å². The summed E-state index contributed by atoms with van der Waals surface area (Å²) in [6.45, 7) is 0.658. The van der Waals surface area contributed by atoms with E-state index in [4.69, 9.17) is 11.6 Å². The molecule has 0 saturated heterocycles. The van der Waals surface area contributed by atoms with E-state index >= 15 is 0 Å². The highest BCUT2D eigenvalue weighted by atomic mass is 79.9. The Labute approximate surface area is 235 Å². The lowest BCUT2D eigenvalue weighted by molar-refractivity contribution is -0.714. The minimum atomic E-state index is 0.0990. The highest BCUT2D eigenvalue weighted by molar-refractivity contribution is 9.10. The van der Waals surface area contributed by atoms with Crippen molar-refractivity contribution in [3.8, 4) is 22.4 Å². The molecule has 1 aromatic heterocycles. The zero-order valence-electron chi connectivity index (χ0n) is 20.0. The fourth-order valence-electron chi connectivity index (χ4n) is 4.16. The van der Waals surface area contributed by atoms with Crippen LogP contribution in [-0.4, -0.2) is 11.5 Å². The molecule has 4 aromatic carbocycles. The standard InChI is InChI=1S/C32H24BrClNOS/c33-28-15-13-26(14-16-28)31(36)22-37-32-20-27(24-7-3-1-4-8-24)19-30(25-9-5-2-6-10-25)35(32)21-23-11-17-29(34)18-12-23/h1-20H,21-22H2/q+1. The first-order valence-corrected chi connectivity index (χ1v) is 14.1. The maximum atomic E-state index is 13.1. The van der Waals surface area contributed by atoms with Gasteiger partial charge in [0.05, 0.1) is 5.75 Å². The molecule has 0 bridgehead atoms. The number of halogens is 2. The normalized spacial score (nSPS) is 10.9. The van der Waals surface area contributed by atoms with Gasteiger partial charge in [-0.1, -0.05) is 100 Å². The van der Waals surface area contributed by atoms with Crippen molar-refractivity contribution in [1.29, 1.82) is 0 Å². The van der Waals surface area contributed by atoms with E-state index in [0.29, 0.717) is 22.9 Å². The van der Waals surface area contributed by atoms with Crippen molar-refractivity contribution in [3.05, 3.63) is 142 Å². The number of rotatable bonds is 8. The van der Waals surface area contributed by atoms with Gasteiger partial charge in [-0.15, -0.1) is 0 Å². The van der Waals surface area contributed by atoms with Crippen LogP contribution in [0.3, 0.4) is 0 Å².